The summed E-state index contributed by atoms with van der Waals surface area (Å²) in [7, 11) is 0. The first-order chi connectivity index (χ1) is 15.7. The van der Waals surface area contributed by atoms with Crippen molar-refractivity contribution >= 4 is 55.8 Å². The fourth-order valence-electron chi connectivity index (χ4n) is 4.40. The lowest BCUT2D eigenvalue weighted by atomic mass is 9.99. The molecule has 1 heterocycles. The summed E-state index contributed by atoms with van der Waals surface area (Å²) in [6, 6.07) is 32.2. The molecular formula is C27H17Cl2N3. The fraction of sp³-hybridized carbons (Fsp3) is 0.0370. The molecule has 0 saturated carbocycles. The molecular weight excluding hydrogens is 437 g/mol. The third-order valence-electron chi connectivity index (χ3n) is 5.89. The summed E-state index contributed by atoms with van der Waals surface area (Å²) in [6.45, 7) is 0. The van der Waals surface area contributed by atoms with Gasteiger partial charge in [-0.05, 0) is 46.2 Å². The zero-order valence-corrected chi connectivity index (χ0v) is 18.4. The summed E-state index contributed by atoms with van der Waals surface area (Å²) in [4.78, 5) is 1.82. The second-order valence-corrected chi connectivity index (χ2v) is 8.69. The molecule has 6 aromatic rings. The predicted molar refractivity (Wildman–Crippen MR) is 133 cm³/mol. The van der Waals surface area contributed by atoms with Gasteiger partial charge >= 0.3 is 0 Å². The number of aromatic nitrogens is 3. The van der Waals surface area contributed by atoms with Gasteiger partial charge in [-0.25, -0.2) is 0 Å². The lowest BCUT2D eigenvalue weighted by molar-refractivity contribution is 0.526. The molecule has 0 amide bonds. The van der Waals surface area contributed by atoms with Crippen molar-refractivity contribution in [1.82, 2.24) is 15.0 Å². The van der Waals surface area contributed by atoms with E-state index in [1.165, 1.54) is 10.8 Å². The average Bonchev–Trinajstić information content (AvgIpc) is 3.27. The van der Waals surface area contributed by atoms with Crippen LogP contribution < -0.4 is 0 Å². The summed E-state index contributed by atoms with van der Waals surface area (Å²) in [5, 5.41) is 16.0. The molecule has 0 bridgehead atoms. The van der Waals surface area contributed by atoms with Gasteiger partial charge in [0.2, 0.25) is 0 Å². The van der Waals surface area contributed by atoms with Crippen molar-refractivity contribution in [3.63, 3.8) is 0 Å². The Bertz CT molecular complexity index is 1470. The molecule has 0 radical (unpaired) electrons. The molecule has 0 fully saturated rings. The molecule has 0 unspecified atom stereocenters. The Morgan fingerprint density at radius 1 is 0.500 bits per heavy atom. The lowest BCUT2D eigenvalue weighted by Gasteiger charge is -2.17. The molecule has 0 aliphatic heterocycles. The first kappa shape index (κ1) is 19.3. The van der Waals surface area contributed by atoms with Crippen LogP contribution >= 0.6 is 23.2 Å². The number of halogens is 2. The van der Waals surface area contributed by atoms with Crippen LogP contribution in [0.1, 0.15) is 17.2 Å². The number of hydrogen-bond donors (Lipinski definition) is 0. The number of hydrogen-bond acceptors (Lipinski definition) is 2. The molecule has 0 atom stereocenters. The molecule has 5 aromatic carbocycles. The summed E-state index contributed by atoms with van der Waals surface area (Å²) in [6.07, 6.45) is 0. The standard InChI is InChI=1S/C27H17Cl2N3/c28-19-13-9-17(10-14-19)27(18-11-15-20(29)16-12-18)32-30-25-23-7-3-1-5-21(23)22-6-2-4-8-24(22)26(25)31-32/h1-16,27H. The van der Waals surface area contributed by atoms with Gasteiger partial charge in [0.15, 0.2) is 0 Å². The van der Waals surface area contributed by atoms with Crippen LogP contribution in [0.5, 0.6) is 0 Å². The van der Waals surface area contributed by atoms with Crippen molar-refractivity contribution in [2.24, 2.45) is 0 Å². The van der Waals surface area contributed by atoms with E-state index in [-0.39, 0.29) is 6.04 Å². The Morgan fingerprint density at radius 3 is 1.28 bits per heavy atom. The van der Waals surface area contributed by atoms with E-state index in [1.807, 2.05) is 65.5 Å². The molecule has 32 heavy (non-hydrogen) atoms. The maximum atomic E-state index is 6.17. The van der Waals surface area contributed by atoms with Gasteiger partial charge in [-0.3, -0.25) is 0 Å². The van der Waals surface area contributed by atoms with E-state index >= 15 is 0 Å². The van der Waals surface area contributed by atoms with E-state index in [0.717, 1.165) is 32.9 Å². The van der Waals surface area contributed by atoms with E-state index in [9.17, 15) is 0 Å². The maximum Gasteiger partial charge on any atom is 0.122 e. The number of fused-ring (bicyclic) bond motifs is 6. The van der Waals surface area contributed by atoms with Crippen molar-refractivity contribution < 1.29 is 0 Å². The Hall–Kier alpha value is -3.40. The van der Waals surface area contributed by atoms with Crippen LogP contribution in [0, 0.1) is 0 Å². The van der Waals surface area contributed by atoms with Gasteiger partial charge in [0, 0.05) is 20.8 Å². The number of rotatable bonds is 3. The molecule has 1 aromatic heterocycles. The van der Waals surface area contributed by atoms with Crippen LogP contribution in [0.3, 0.4) is 0 Å². The second kappa shape index (κ2) is 7.63. The zero-order valence-electron chi connectivity index (χ0n) is 16.9. The first-order valence-electron chi connectivity index (χ1n) is 10.4. The van der Waals surface area contributed by atoms with E-state index < -0.39 is 0 Å². The number of benzene rings is 5. The van der Waals surface area contributed by atoms with E-state index in [0.29, 0.717) is 10.0 Å². The number of nitrogens with zero attached hydrogens (tertiary/aromatic N) is 3. The molecule has 154 valence electrons. The molecule has 0 saturated heterocycles. The van der Waals surface area contributed by atoms with Crippen molar-refractivity contribution in [2.75, 3.05) is 0 Å². The van der Waals surface area contributed by atoms with Crippen LogP contribution in [0.2, 0.25) is 10.0 Å². The summed E-state index contributed by atoms with van der Waals surface area (Å²) >= 11 is 12.3. The highest BCUT2D eigenvalue weighted by Crippen LogP contribution is 2.35. The maximum absolute atomic E-state index is 6.17. The van der Waals surface area contributed by atoms with Crippen LogP contribution in [0.25, 0.3) is 32.6 Å². The highest BCUT2D eigenvalue weighted by Gasteiger charge is 2.21. The van der Waals surface area contributed by atoms with Crippen molar-refractivity contribution in [1.29, 1.82) is 0 Å². The minimum atomic E-state index is -0.213. The highest BCUT2D eigenvalue weighted by molar-refractivity contribution is 6.30. The van der Waals surface area contributed by atoms with E-state index in [4.69, 9.17) is 33.4 Å². The van der Waals surface area contributed by atoms with E-state index in [2.05, 4.69) is 36.4 Å². The Morgan fingerprint density at radius 2 is 0.875 bits per heavy atom. The zero-order chi connectivity index (χ0) is 21.7. The van der Waals surface area contributed by atoms with Crippen LogP contribution in [-0.2, 0) is 0 Å². The topological polar surface area (TPSA) is 30.7 Å². The predicted octanol–water partition coefficient (Wildman–Crippen LogP) is 7.68. The molecule has 6 rings (SSSR count). The first-order valence-corrected chi connectivity index (χ1v) is 11.1. The molecule has 0 spiro atoms. The Balaban J connectivity index is 1.67. The average molecular weight is 454 g/mol. The smallest absolute Gasteiger partial charge is 0.122 e. The van der Waals surface area contributed by atoms with Gasteiger partial charge in [0.1, 0.15) is 17.1 Å². The van der Waals surface area contributed by atoms with Crippen molar-refractivity contribution in [3.05, 3.63) is 118 Å². The lowest BCUT2D eigenvalue weighted by Crippen LogP contribution is -2.15. The summed E-state index contributed by atoms with van der Waals surface area (Å²) in [5.41, 5.74) is 3.88. The minimum Gasteiger partial charge on any atom is -0.171 e. The largest absolute Gasteiger partial charge is 0.171 e. The normalized spacial score (nSPS) is 11.7. The molecule has 3 nitrogen and oxygen atoms in total. The SMILES string of the molecule is Clc1ccc(C(c2ccc(Cl)cc2)n2nc3c4ccccc4c4ccccc4c3n2)cc1. The van der Waals surface area contributed by atoms with Gasteiger partial charge in [0.25, 0.3) is 0 Å². The van der Waals surface area contributed by atoms with E-state index in [1.54, 1.807) is 0 Å². The summed E-state index contributed by atoms with van der Waals surface area (Å²) in [5.74, 6) is 0. The summed E-state index contributed by atoms with van der Waals surface area (Å²) < 4.78 is 0. The third-order valence-corrected chi connectivity index (χ3v) is 6.39. The van der Waals surface area contributed by atoms with Gasteiger partial charge in [-0.2, -0.15) is 15.0 Å². The van der Waals surface area contributed by atoms with Crippen molar-refractivity contribution in [3.8, 4) is 0 Å². The van der Waals surface area contributed by atoms with Crippen LogP contribution in [-0.4, -0.2) is 15.0 Å². The van der Waals surface area contributed by atoms with Crippen LogP contribution in [0.4, 0.5) is 0 Å². The van der Waals surface area contributed by atoms with Crippen LogP contribution in [0.15, 0.2) is 97.1 Å². The molecule has 0 aliphatic carbocycles. The van der Waals surface area contributed by atoms with Gasteiger partial charge < -0.3 is 0 Å². The van der Waals surface area contributed by atoms with Gasteiger partial charge in [0.05, 0.1) is 0 Å². The molecule has 0 aliphatic rings. The monoisotopic (exact) mass is 453 g/mol. The minimum absolute atomic E-state index is 0.213. The van der Waals surface area contributed by atoms with Crippen molar-refractivity contribution in [2.45, 2.75) is 6.04 Å². The fourth-order valence-corrected chi connectivity index (χ4v) is 4.65. The second-order valence-electron chi connectivity index (χ2n) is 7.81. The Kier molecular flexibility index (Phi) is 4.60. The molecule has 0 N–H and O–H groups in total. The molecule has 5 heteroatoms. The highest BCUT2D eigenvalue weighted by atomic mass is 35.5. The van der Waals surface area contributed by atoms with Gasteiger partial charge in [-0.15, -0.1) is 0 Å². The Labute approximate surface area is 194 Å². The quantitative estimate of drug-likeness (QED) is 0.257. The van der Waals surface area contributed by atoms with Gasteiger partial charge in [-0.1, -0.05) is 96.0 Å². The third kappa shape index (κ3) is 3.13.